The Morgan fingerprint density at radius 1 is 0.879 bits per heavy atom. The molecule has 176 valence electrons. The molecule has 0 amide bonds. The van der Waals surface area contributed by atoms with Crippen molar-refractivity contribution >= 4 is 22.4 Å². The molecular formula is C28H31ClF2O2. The number of rotatable bonds is 9. The van der Waals surface area contributed by atoms with E-state index in [1.54, 1.807) is 12.1 Å². The van der Waals surface area contributed by atoms with E-state index in [0.717, 1.165) is 49.0 Å². The fraction of sp³-hybridized carbons (Fsp3) is 0.429. The summed E-state index contributed by atoms with van der Waals surface area (Å²) in [4.78, 5) is 0. The van der Waals surface area contributed by atoms with Gasteiger partial charge in [0.1, 0.15) is 11.6 Å². The van der Waals surface area contributed by atoms with Crippen LogP contribution in [0.1, 0.15) is 49.3 Å². The number of benzene rings is 3. The van der Waals surface area contributed by atoms with E-state index < -0.39 is 5.82 Å². The number of halogens is 3. The maximum atomic E-state index is 15.1. The number of hydrogen-bond acceptors (Lipinski definition) is 2. The van der Waals surface area contributed by atoms with Crippen LogP contribution >= 0.6 is 11.6 Å². The number of aryl methyl sites for hydroxylation is 3. The summed E-state index contributed by atoms with van der Waals surface area (Å²) in [5, 5.41) is 1.60. The second-order valence-electron chi connectivity index (χ2n) is 8.99. The Bertz CT molecular complexity index is 1080. The van der Waals surface area contributed by atoms with Gasteiger partial charge in [0.25, 0.3) is 0 Å². The van der Waals surface area contributed by atoms with Crippen LogP contribution in [-0.2, 0) is 28.7 Å². The third kappa shape index (κ3) is 6.32. The van der Waals surface area contributed by atoms with Crippen molar-refractivity contribution in [3.05, 3.63) is 81.9 Å². The maximum Gasteiger partial charge on any atom is 0.157 e. The number of hydrogen-bond donors (Lipinski definition) is 0. The highest BCUT2D eigenvalue weighted by Gasteiger charge is 2.21. The van der Waals surface area contributed by atoms with Gasteiger partial charge >= 0.3 is 0 Å². The number of fused-ring (bicyclic) bond motifs is 1. The SMILES string of the molecule is CCCCC1COC(CCc2ccc3c(F)c(CCc4ccc(Cl)c(F)c4)ccc3c2)OC1. The molecule has 1 aliphatic heterocycles. The zero-order chi connectivity index (χ0) is 23.2. The molecule has 33 heavy (non-hydrogen) atoms. The Kier molecular flexibility index (Phi) is 8.34. The van der Waals surface area contributed by atoms with Gasteiger partial charge in [-0.05, 0) is 59.9 Å². The van der Waals surface area contributed by atoms with Crippen LogP contribution in [0.25, 0.3) is 10.8 Å². The van der Waals surface area contributed by atoms with Crippen molar-refractivity contribution in [2.24, 2.45) is 5.92 Å². The molecule has 0 radical (unpaired) electrons. The van der Waals surface area contributed by atoms with Crippen molar-refractivity contribution < 1.29 is 18.3 Å². The Labute approximate surface area is 199 Å². The molecule has 1 fully saturated rings. The maximum absolute atomic E-state index is 15.1. The minimum atomic E-state index is -0.444. The van der Waals surface area contributed by atoms with Crippen LogP contribution in [0.2, 0.25) is 5.02 Å². The average molecular weight is 473 g/mol. The van der Waals surface area contributed by atoms with Gasteiger partial charge in [-0.2, -0.15) is 0 Å². The van der Waals surface area contributed by atoms with Gasteiger partial charge in [-0.3, -0.25) is 0 Å². The van der Waals surface area contributed by atoms with Gasteiger partial charge in [-0.15, -0.1) is 0 Å². The molecular weight excluding hydrogens is 442 g/mol. The van der Waals surface area contributed by atoms with E-state index in [9.17, 15) is 4.39 Å². The molecule has 1 aliphatic rings. The van der Waals surface area contributed by atoms with Gasteiger partial charge in [0.15, 0.2) is 6.29 Å². The predicted molar refractivity (Wildman–Crippen MR) is 130 cm³/mol. The summed E-state index contributed by atoms with van der Waals surface area (Å²) in [6.07, 6.45) is 6.10. The first-order valence-corrected chi connectivity index (χ1v) is 12.3. The smallest absolute Gasteiger partial charge is 0.157 e. The van der Waals surface area contributed by atoms with Gasteiger partial charge in [0.05, 0.1) is 18.2 Å². The minimum Gasteiger partial charge on any atom is -0.352 e. The normalized spacial score (nSPS) is 18.7. The molecule has 0 atom stereocenters. The Morgan fingerprint density at radius 2 is 1.64 bits per heavy atom. The molecule has 1 heterocycles. The average Bonchev–Trinajstić information content (AvgIpc) is 2.83. The molecule has 0 N–H and O–H groups in total. The second kappa shape index (κ2) is 11.4. The summed E-state index contributed by atoms with van der Waals surface area (Å²) in [7, 11) is 0. The lowest BCUT2D eigenvalue weighted by Crippen LogP contribution is -2.32. The van der Waals surface area contributed by atoms with Crippen LogP contribution < -0.4 is 0 Å². The summed E-state index contributed by atoms with van der Waals surface area (Å²) in [6, 6.07) is 14.4. The van der Waals surface area contributed by atoms with Gasteiger partial charge in [0, 0.05) is 17.7 Å². The molecule has 2 nitrogen and oxygen atoms in total. The van der Waals surface area contributed by atoms with Crippen LogP contribution in [0.15, 0.2) is 48.5 Å². The summed E-state index contributed by atoms with van der Waals surface area (Å²) in [5.74, 6) is -0.135. The molecule has 3 aromatic carbocycles. The first-order chi connectivity index (χ1) is 16.0. The largest absolute Gasteiger partial charge is 0.352 e. The Morgan fingerprint density at radius 3 is 2.39 bits per heavy atom. The van der Waals surface area contributed by atoms with Crippen LogP contribution in [-0.4, -0.2) is 19.5 Å². The lowest BCUT2D eigenvalue weighted by atomic mass is 9.98. The fourth-order valence-corrected chi connectivity index (χ4v) is 4.52. The quantitative estimate of drug-likeness (QED) is 0.318. The van der Waals surface area contributed by atoms with Crippen molar-refractivity contribution in [2.45, 2.75) is 58.2 Å². The number of ether oxygens (including phenoxy) is 2. The number of unbranched alkanes of at least 4 members (excludes halogenated alkanes) is 1. The summed E-state index contributed by atoms with van der Waals surface area (Å²) >= 11 is 5.74. The third-order valence-corrected chi connectivity index (χ3v) is 6.74. The van der Waals surface area contributed by atoms with Crippen molar-refractivity contribution in [1.29, 1.82) is 0 Å². The zero-order valence-corrected chi connectivity index (χ0v) is 19.8. The van der Waals surface area contributed by atoms with E-state index >= 15 is 4.39 Å². The van der Waals surface area contributed by atoms with E-state index in [2.05, 4.69) is 6.92 Å². The molecule has 1 saturated heterocycles. The van der Waals surface area contributed by atoms with Crippen molar-refractivity contribution in [3.63, 3.8) is 0 Å². The monoisotopic (exact) mass is 472 g/mol. The van der Waals surface area contributed by atoms with Crippen molar-refractivity contribution in [1.82, 2.24) is 0 Å². The lowest BCUT2D eigenvalue weighted by molar-refractivity contribution is -0.203. The summed E-state index contributed by atoms with van der Waals surface area (Å²) in [6.45, 7) is 3.76. The topological polar surface area (TPSA) is 18.5 Å². The fourth-order valence-electron chi connectivity index (χ4n) is 4.40. The first-order valence-electron chi connectivity index (χ1n) is 11.9. The molecule has 0 unspecified atom stereocenters. The Balaban J connectivity index is 1.34. The molecule has 4 rings (SSSR count). The van der Waals surface area contributed by atoms with E-state index in [0.29, 0.717) is 29.7 Å². The highest BCUT2D eigenvalue weighted by molar-refractivity contribution is 6.30. The highest BCUT2D eigenvalue weighted by atomic mass is 35.5. The summed E-state index contributed by atoms with van der Waals surface area (Å²) in [5.41, 5.74) is 2.58. The van der Waals surface area contributed by atoms with Gasteiger partial charge < -0.3 is 9.47 Å². The lowest BCUT2D eigenvalue weighted by Gasteiger charge is -2.29. The third-order valence-electron chi connectivity index (χ3n) is 6.44. The minimum absolute atomic E-state index is 0.101. The van der Waals surface area contributed by atoms with Crippen molar-refractivity contribution in [2.75, 3.05) is 13.2 Å². The standard InChI is InChI=1S/C28H31ClF2O2/c1-2-3-4-21-17-32-27(33-18-21)14-8-19-6-12-24-23(15-19)11-10-22(28(24)31)9-5-20-7-13-25(29)26(30)16-20/h6-7,10-13,15-16,21,27H,2-5,8-9,14,17-18H2,1H3. The molecule has 3 aromatic rings. The van der Waals surface area contributed by atoms with E-state index in [4.69, 9.17) is 21.1 Å². The molecule has 0 saturated carbocycles. The van der Waals surface area contributed by atoms with Crippen molar-refractivity contribution in [3.8, 4) is 0 Å². The predicted octanol–water partition coefficient (Wildman–Crippen LogP) is 7.67. The van der Waals surface area contributed by atoms with E-state index in [1.807, 2.05) is 30.3 Å². The molecule has 5 heteroatoms. The van der Waals surface area contributed by atoms with Gasteiger partial charge in [0.2, 0.25) is 0 Å². The summed E-state index contributed by atoms with van der Waals surface area (Å²) < 4.78 is 40.6. The first kappa shape index (κ1) is 24.1. The van der Waals surface area contributed by atoms with Crippen LogP contribution in [0.3, 0.4) is 0 Å². The van der Waals surface area contributed by atoms with Crippen LogP contribution in [0.4, 0.5) is 8.78 Å². The second-order valence-corrected chi connectivity index (χ2v) is 9.39. The zero-order valence-electron chi connectivity index (χ0n) is 19.1. The van der Waals surface area contributed by atoms with E-state index in [1.165, 1.54) is 18.9 Å². The van der Waals surface area contributed by atoms with Crippen LogP contribution in [0, 0.1) is 17.6 Å². The molecule has 0 aromatic heterocycles. The van der Waals surface area contributed by atoms with Gasteiger partial charge in [-0.1, -0.05) is 67.8 Å². The molecule has 0 spiro atoms. The molecule has 0 aliphatic carbocycles. The molecule has 0 bridgehead atoms. The highest BCUT2D eigenvalue weighted by Crippen LogP contribution is 2.26. The van der Waals surface area contributed by atoms with Gasteiger partial charge in [-0.25, -0.2) is 8.78 Å². The van der Waals surface area contributed by atoms with Crippen LogP contribution in [0.5, 0.6) is 0 Å². The Hall–Kier alpha value is -2.01. The van der Waals surface area contributed by atoms with E-state index in [-0.39, 0.29) is 17.1 Å².